The van der Waals surface area contributed by atoms with Crippen molar-refractivity contribution in [3.8, 4) is 0 Å². The standard InChI is InChI=1S/C31H60O2/c1-6-7-8-9-10-11-12-13-14-15-16-17-18-19-20-21-22-23-24-25-26-27-28-31(4,5)33-30(32)29(2)3/h2,6-28H2,1,3-5H3. The molecule has 0 atom stereocenters. The summed E-state index contributed by atoms with van der Waals surface area (Å²) in [5, 5.41) is 0. The van der Waals surface area contributed by atoms with Gasteiger partial charge >= 0.3 is 5.97 Å². The summed E-state index contributed by atoms with van der Waals surface area (Å²) in [6, 6.07) is 0. The second-order valence-electron chi connectivity index (χ2n) is 11.1. The topological polar surface area (TPSA) is 26.3 Å². The molecule has 0 heterocycles. The second kappa shape index (κ2) is 23.0. The summed E-state index contributed by atoms with van der Waals surface area (Å²) in [6.07, 6.45) is 31.9. The quantitative estimate of drug-likeness (QED) is 0.0762. The zero-order chi connectivity index (χ0) is 24.6. The monoisotopic (exact) mass is 464 g/mol. The molecule has 0 saturated heterocycles. The largest absolute Gasteiger partial charge is 0.456 e. The summed E-state index contributed by atoms with van der Waals surface area (Å²) < 4.78 is 5.51. The Morgan fingerprint density at radius 3 is 1.12 bits per heavy atom. The van der Waals surface area contributed by atoms with Crippen molar-refractivity contribution in [2.45, 2.75) is 181 Å². The van der Waals surface area contributed by atoms with Crippen molar-refractivity contribution in [1.82, 2.24) is 0 Å². The first kappa shape index (κ1) is 32.2. The molecule has 0 fully saturated rings. The van der Waals surface area contributed by atoms with Gasteiger partial charge in [0.2, 0.25) is 0 Å². The number of esters is 1. The van der Waals surface area contributed by atoms with Gasteiger partial charge in [-0.2, -0.15) is 0 Å². The van der Waals surface area contributed by atoms with Gasteiger partial charge in [-0.1, -0.05) is 148 Å². The molecule has 0 unspecified atom stereocenters. The van der Waals surface area contributed by atoms with Crippen LogP contribution in [0.2, 0.25) is 0 Å². The molecule has 0 aromatic rings. The molecule has 33 heavy (non-hydrogen) atoms. The molecule has 0 rings (SSSR count). The Morgan fingerprint density at radius 2 is 0.848 bits per heavy atom. The van der Waals surface area contributed by atoms with Crippen molar-refractivity contribution in [3.05, 3.63) is 12.2 Å². The lowest BCUT2D eigenvalue weighted by molar-refractivity contribution is -0.152. The molecule has 0 aromatic heterocycles. The molecule has 0 saturated carbocycles. The first-order chi connectivity index (χ1) is 15.9. The number of rotatable bonds is 25. The molecule has 0 aliphatic carbocycles. The third-order valence-corrected chi connectivity index (χ3v) is 6.85. The zero-order valence-electron chi connectivity index (χ0n) is 23.3. The van der Waals surface area contributed by atoms with Crippen molar-refractivity contribution in [2.24, 2.45) is 0 Å². The number of hydrogen-bond donors (Lipinski definition) is 0. The predicted octanol–water partition coefficient (Wildman–Crippen LogP) is 10.9. The minimum absolute atomic E-state index is 0.265. The number of carbonyl (C=O) groups is 1. The van der Waals surface area contributed by atoms with E-state index >= 15 is 0 Å². The van der Waals surface area contributed by atoms with Crippen molar-refractivity contribution < 1.29 is 9.53 Å². The summed E-state index contributed by atoms with van der Waals surface area (Å²) >= 11 is 0. The van der Waals surface area contributed by atoms with Crippen molar-refractivity contribution in [3.63, 3.8) is 0 Å². The van der Waals surface area contributed by atoms with Crippen LogP contribution in [0.15, 0.2) is 12.2 Å². The first-order valence-electron chi connectivity index (χ1n) is 14.8. The third-order valence-electron chi connectivity index (χ3n) is 6.85. The molecule has 0 aromatic carbocycles. The molecular weight excluding hydrogens is 404 g/mol. The van der Waals surface area contributed by atoms with Gasteiger partial charge < -0.3 is 4.74 Å². The Morgan fingerprint density at radius 1 is 0.576 bits per heavy atom. The van der Waals surface area contributed by atoms with Crippen LogP contribution in [0.5, 0.6) is 0 Å². The van der Waals surface area contributed by atoms with E-state index in [0.29, 0.717) is 5.57 Å². The van der Waals surface area contributed by atoms with E-state index in [0.717, 1.165) is 12.8 Å². The number of unbranched alkanes of at least 4 members (excludes halogenated alkanes) is 21. The summed E-state index contributed by atoms with van der Waals surface area (Å²) in [5.74, 6) is -0.265. The average molecular weight is 465 g/mol. The number of ether oxygens (including phenoxy) is 1. The van der Waals surface area contributed by atoms with E-state index in [2.05, 4.69) is 13.5 Å². The molecule has 0 spiro atoms. The predicted molar refractivity (Wildman–Crippen MR) is 147 cm³/mol. The van der Waals surface area contributed by atoms with E-state index < -0.39 is 0 Å². The highest BCUT2D eigenvalue weighted by atomic mass is 16.6. The van der Waals surface area contributed by atoms with Crippen LogP contribution in [0.3, 0.4) is 0 Å². The molecule has 2 nitrogen and oxygen atoms in total. The fourth-order valence-electron chi connectivity index (χ4n) is 4.55. The zero-order valence-corrected chi connectivity index (χ0v) is 23.3. The average Bonchev–Trinajstić information content (AvgIpc) is 2.76. The highest BCUT2D eigenvalue weighted by Crippen LogP contribution is 2.21. The van der Waals surface area contributed by atoms with Crippen LogP contribution in [0.25, 0.3) is 0 Å². The maximum Gasteiger partial charge on any atom is 0.333 e. The lowest BCUT2D eigenvalue weighted by atomic mass is 9.98. The molecule has 0 N–H and O–H groups in total. The Balaban J connectivity index is 3.23. The summed E-state index contributed by atoms with van der Waals surface area (Å²) in [5.41, 5.74) is 0.112. The van der Waals surface area contributed by atoms with E-state index in [1.165, 1.54) is 135 Å². The van der Waals surface area contributed by atoms with Crippen LogP contribution >= 0.6 is 0 Å². The smallest absolute Gasteiger partial charge is 0.333 e. The molecular formula is C31H60O2. The van der Waals surface area contributed by atoms with Crippen molar-refractivity contribution in [1.29, 1.82) is 0 Å². The molecule has 0 aliphatic heterocycles. The van der Waals surface area contributed by atoms with Gasteiger partial charge in [0.15, 0.2) is 0 Å². The fourth-order valence-corrected chi connectivity index (χ4v) is 4.55. The van der Waals surface area contributed by atoms with E-state index in [4.69, 9.17) is 4.74 Å². The molecule has 0 radical (unpaired) electrons. The highest BCUT2D eigenvalue weighted by molar-refractivity contribution is 5.87. The van der Waals surface area contributed by atoms with Gasteiger partial charge in [-0.05, 0) is 33.6 Å². The molecule has 0 amide bonds. The van der Waals surface area contributed by atoms with E-state index in [1.54, 1.807) is 6.92 Å². The Kier molecular flexibility index (Phi) is 22.4. The first-order valence-corrected chi connectivity index (χ1v) is 14.8. The summed E-state index contributed by atoms with van der Waals surface area (Å²) in [7, 11) is 0. The molecule has 0 aliphatic rings. The normalized spacial score (nSPS) is 11.6. The number of hydrogen-bond acceptors (Lipinski definition) is 2. The van der Waals surface area contributed by atoms with E-state index in [-0.39, 0.29) is 11.6 Å². The van der Waals surface area contributed by atoms with Gasteiger partial charge in [0.05, 0.1) is 0 Å². The van der Waals surface area contributed by atoms with Gasteiger partial charge in [-0.15, -0.1) is 0 Å². The fraction of sp³-hybridized carbons (Fsp3) is 0.903. The Bertz CT molecular complexity index is 452. The maximum atomic E-state index is 11.7. The lowest BCUT2D eigenvalue weighted by Crippen LogP contribution is -2.28. The van der Waals surface area contributed by atoms with Crippen LogP contribution in [0.1, 0.15) is 175 Å². The van der Waals surface area contributed by atoms with E-state index in [9.17, 15) is 4.79 Å². The van der Waals surface area contributed by atoms with Gasteiger partial charge in [0.25, 0.3) is 0 Å². The maximum absolute atomic E-state index is 11.7. The van der Waals surface area contributed by atoms with E-state index in [1.807, 2.05) is 13.8 Å². The summed E-state index contributed by atoms with van der Waals surface area (Å²) in [4.78, 5) is 11.7. The Hall–Kier alpha value is -0.790. The second-order valence-corrected chi connectivity index (χ2v) is 11.1. The van der Waals surface area contributed by atoms with Gasteiger partial charge in [0.1, 0.15) is 5.60 Å². The van der Waals surface area contributed by atoms with Crippen LogP contribution in [-0.4, -0.2) is 11.6 Å². The SMILES string of the molecule is C=C(C)C(=O)OC(C)(C)CCCCCCCCCCCCCCCCCCCCCCCC. The third kappa shape index (κ3) is 24.1. The van der Waals surface area contributed by atoms with Crippen LogP contribution in [0, 0.1) is 0 Å². The van der Waals surface area contributed by atoms with Crippen LogP contribution in [-0.2, 0) is 9.53 Å². The van der Waals surface area contributed by atoms with Crippen molar-refractivity contribution in [2.75, 3.05) is 0 Å². The van der Waals surface area contributed by atoms with Gasteiger partial charge in [-0.25, -0.2) is 4.79 Å². The van der Waals surface area contributed by atoms with Gasteiger partial charge in [0, 0.05) is 5.57 Å². The molecule has 2 heteroatoms. The highest BCUT2D eigenvalue weighted by Gasteiger charge is 2.22. The number of carbonyl (C=O) groups excluding carboxylic acids is 1. The minimum Gasteiger partial charge on any atom is -0.456 e. The van der Waals surface area contributed by atoms with Crippen LogP contribution in [0.4, 0.5) is 0 Å². The van der Waals surface area contributed by atoms with Crippen molar-refractivity contribution >= 4 is 5.97 Å². The summed E-state index contributed by atoms with van der Waals surface area (Å²) in [6.45, 7) is 11.7. The van der Waals surface area contributed by atoms with Gasteiger partial charge in [-0.3, -0.25) is 0 Å². The van der Waals surface area contributed by atoms with Crippen LogP contribution < -0.4 is 0 Å². The molecule has 196 valence electrons. The Labute approximate surface area is 208 Å². The lowest BCUT2D eigenvalue weighted by Gasteiger charge is -2.25. The molecule has 0 bridgehead atoms. The minimum atomic E-state index is -0.371.